The van der Waals surface area contributed by atoms with Crippen molar-refractivity contribution in [2.45, 2.75) is 88.5 Å². The second kappa shape index (κ2) is 62.6. The van der Waals surface area contributed by atoms with E-state index in [-0.39, 0.29) is 82.8 Å². The third kappa shape index (κ3) is 41.5. The van der Waals surface area contributed by atoms with Crippen molar-refractivity contribution in [1.29, 1.82) is 0 Å². The summed E-state index contributed by atoms with van der Waals surface area (Å²) in [5.41, 5.74) is 2.30. The molecule has 0 saturated carbocycles. The fourth-order valence-electron chi connectivity index (χ4n) is 9.18. The fraction of sp³-hybridized carbons (Fsp3) is 0.386. The molecule has 16 N–H and O–H groups in total. The molecule has 135 heavy (non-hydrogen) atoms. The van der Waals surface area contributed by atoms with Gasteiger partial charge in [-0.05, 0) is 25.8 Å². The molecule has 13 aromatic heterocycles. The second-order valence-electron chi connectivity index (χ2n) is 26.6. The normalized spacial score (nSPS) is 11.6. The predicted octanol–water partition coefficient (Wildman–Crippen LogP) is 1.25. The summed E-state index contributed by atoms with van der Waals surface area (Å²) in [6, 6.07) is 6.41. The minimum Gasteiger partial charge on any atom is -0.495 e. The molecule has 52 heteroatoms. The van der Waals surface area contributed by atoms with Crippen LogP contribution in [0.25, 0.3) is 16.7 Å². The van der Waals surface area contributed by atoms with E-state index in [1.165, 1.54) is 122 Å². The number of halogens is 1. The number of β-amino-alcohol motifs (C(OH)–C–C–N with tert-alkyl or cyclic N) is 1. The third-order valence-electron chi connectivity index (χ3n) is 16.5. The Balaban J connectivity index is 0.000000311. The molecule has 14 heterocycles. The van der Waals surface area contributed by atoms with Crippen LogP contribution in [-0.4, -0.2) is 313 Å². The second-order valence-corrected chi connectivity index (χ2v) is 28.8. The zero-order valence-electron chi connectivity index (χ0n) is 76.2. The van der Waals surface area contributed by atoms with Crippen LogP contribution in [-0.2, 0) is 48.5 Å². The van der Waals surface area contributed by atoms with Crippen LogP contribution >= 0.6 is 11.6 Å². The summed E-state index contributed by atoms with van der Waals surface area (Å²) in [7, 11) is 13.3. The topological polar surface area (TPSA) is 691 Å². The lowest BCUT2D eigenvalue weighted by Gasteiger charge is -2.35. The van der Waals surface area contributed by atoms with Crippen molar-refractivity contribution in [1.82, 2.24) is 99.5 Å². The first-order valence-corrected chi connectivity index (χ1v) is 41.6. The Morgan fingerprint density at radius 3 is 1.39 bits per heavy atom. The van der Waals surface area contributed by atoms with Crippen molar-refractivity contribution in [3.63, 3.8) is 0 Å². The fourth-order valence-corrected chi connectivity index (χ4v) is 10.4. The van der Waals surface area contributed by atoms with E-state index in [9.17, 15) is 13.5 Å². The van der Waals surface area contributed by atoms with E-state index in [1.807, 2.05) is 4.90 Å². The molecule has 734 valence electrons. The number of ether oxygens (including phenoxy) is 11. The van der Waals surface area contributed by atoms with E-state index < -0.39 is 33.9 Å². The van der Waals surface area contributed by atoms with E-state index >= 15 is 0 Å². The zero-order valence-corrected chi connectivity index (χ0v) is 77.8. The Labute approximate surface area is 780 Å². The highest BCUT2D eigenvalue weighted by Gasteiger charge is 2.27. The van der Waals surface area contributed by atoms with Gasteiger partial charge in [0, 0.05) is 63.1 Å². The molecule has 1 fully saturated rings. The van der Waals surface area contributed by atoms with E-state index in [0.29, 0.717) is 146 Å². The molecule has 0 spiro atoms. The minimum atomic E-state index is -3.61. The Kier molecular flexibility index (Phi) is 52.7. The number of fused-ring (bicyclic) bond motifs is 2. The van der Waals surface area contributed by atoms with Crippen molar-refractivity contribution in [2.75, 3.05) is 141 Å². The summed E-state index contributed by atoms with van der Waals surface area (Å²) >= 11 is 5.71. The molecular weight excluding hydrogens is 1820 g/mol. The van der Waals surface area contributed by atoms with Gasteiger partial charge in [-0.3, -0.25) is 9.97 Å². The van der Waals surface area contributed by atoms with Crippen LogP contribution in [0, 0.1) is 0 Å². The summed E-state index contributed by atoms with van der Waals surface area (Å²) in [4.78, 5) is 72.3. The van der Waals surface area contributed by atoms with Gasteiger partial charge in [-0.25, -0.2) is 93.0 Å². The van der Waals surface area contributed by atoms with E-state index in [4.69, 9.17) is 129 Å². The maximum atomic E-state index is 11.5. The Morgan fingerprint density at radius 2 is 0.956 bits per heavy atom. The van der Waals surface area contributed by atoms with Crippen molar-refractivity contribution < 1.29 is 136 Å². The molecular formula is C83H113ClN23O27S+. The summed E-state index contributed by atoms with van der Waals surface area (Å²) in [6.45, 7) is 5.03. The SMILES string of the molecule is COc1cnc(C(C)(C)O)nc1.COc1cnc(C(C)O)nc1.COc1cnc(C(O)CO)nc1.COc1cnc(CCO)nc1.COc1cnc(CO)c(Cl)c1.COc1cnc(CO)nc1.COc1cnc(N2CC(O)C2)nc1.COc1cnc(NCC(O)CO)nc1.COc1cnc2c(CO)c[nH][n+]2c1.COc1cnc2cc(CO)oc2c1.COc1cncc(S(=O)(=O)NCCO)c1. The number of pyridine rings is 3. The van der Waals surface area contributed by atoms with Gasteiger partial charge in [0.05, 0.1) is 258 Å². The number of hydrogen-bond acceptors (Lipinski definition) is 47. The highest BCUT2D eigenvalue weighted by atomic mass is 35.5. The first-order valence-electron chi connectivity index (χ1n) is 39.7. The number of nitrogens with zero attached hydrogens (tertiary/aromatic N) is 20. The minimum absolute atomic E-state index is 0.00954. The number of aromatic nitrogens is 20. The molecule has 14 rings (SSSR count). The van der Waals surface area contributed by atoms with Gasteiger partial charge in [0.2, 0.25) is 27.7 Å². The molecule has 13 aromatic rings. The maximum absolute atomic E-state index is 11.5. The van der Waals surface area contributed by atoms with E-state index in [0.717, 1.165) is 11.1 Å². The number of anilines is 2. The first-order chi connectivity index (χ1) is 64.9. The number of nitrogens with one attached hydrogen (secondary N) is 3. The van der Waals surface area contributed by atoms with Crippen LogP contribution in [0.4, 0.5) is 11.9 Å². The number of sulfonamides is 1. The van der Waals surface area contributed by atoms with Crippen LogP contribution < -0.4 is 71.6 Å². The van der Waals surface area contributed by atoms with Gasteiger partial charge < -0.3 is 133 Å². The van der Waals surface area contributed by atoms with Gasteiger partial charge >= 0.3 is 5.65 Å². The quantitative estimate of drug-likeness (QED) is 0.0282. The standard InChI is InChI=1S/C9H9NO3.C8H13N3O3.C8H11N3O2.C8H9N3O2.C8H12N2O4S.C8H12N2O2.C7H8ClNO2.C7H10N2O3.2C7H10N2O2.C6H8N2O2/c1-12-6-3-9-8(10-4-6)2-7(5-11)13-9;1-14-7-3-10-8(11-4-7)9-2-6(13)5-12;1-13-7-2-9-8(10-3-7)11-4-6(12)5-11;1-13-7-3-9-8-6(5-12)2-10-11(8)4-7;1-14-7-4-8(6-9-5-7)15(12,13)10-2-3-11;1-8(2,11)7-9-4-6(12-3)5-10-7;1-11-5-2-6(8)7(4-10)9-3-5;1-12-5-2-8-7(9-3-5)6(11)4-10;1-5(10)7-8-3-6(11-2)4-9-7;1-11-6-4-8-7(2-3-10)9-5-6;1-10-5-2-7-6(4-9)8-3-5/h2-4,11H,5H2,1H3;3-4,6,12-13H,2,5H2,1H3,(H,9,10,11);2-3,6,12H,4-5H2,1H3;2-4,12H,5H2,1H3;4-6,10-11H,2-3H2,1H3;4-5,11H,1-3H3;2-3,10H,4H2,1H3;2-3,6,10-11H,4H2,1H3;3-5,10H,1-2H3;4-5,10H,2-3H2,1H3;2-3,9H,4H2,1H3/p+1. The van der Waals surface area contributed by atoms with Gasteiger partial charge in [-0.1, -0.05) is 11.6 Å². The molecule has 0 bridgehead atoms. The Bertz CT molecular complexity index is 5470. The average Bonchev–Trinajstić information content (AvgIpc) is 1.50. The predicted molar refractivity (Wildman–Crippen MR) is 480 cm³/mol. The molecule has 1 aliphatic heterocycles. The maximum Gasteiger partial charge on any atom is 0.353 e. The van der Waals surface area contributed by atoms with E-state index in [1.54, 1.807) is 136 Å². The van der Waals surface area contributed by atoms with Crippen LogP contribution in [0.3, 0.4) is 0 Å². The van der Waals surface area contributed by atoms with Crippen LogP contribution in [0.1, 0.15) is 79.1 Å². The van der Waals surface area contributed by atoms with Crippen molar-refractivity contribution in [3.05, 3.63) is 206 Å². The number of hydrogen-bond donors (Lipinski definition) is 16. The van der Waals surface area contributed by atoms with Crippen LogP contribution in [0.5, 0.6) is 63.2 Å². The summed E-state index contributed by atoms with van der Waals surface area (Å²) < 4.78 is 85.9. The average molecular weight is 1930 g/mol. The molecule has 1 saturated heterocycles. The molecule has 3 atom stereocenters. The van der Waals surface area contributed by atoms with Gasteiger partial charge in [0.25, 0.3) is 0 Å². The first kappa shape index (κ1) is 114. The summed E-state index contributed by atoms with van der Waals surface area (Å²) in [5.74, 6) is 9.97. The number of aliphatic hydroxyl groups is 13. The Hall–Kier alpha value is -13.8. The third-order valence-corrected chi connectivity index (χ3v) is 18.2. The lowest BCUT2D eigenvalue weighted by molar-refractivity contribution is -0.579. The number of methoxy groups -OCH3 is 11. The number of aromatic amines is 1. The molecule has 0 aromatic carbocycles. The van der Waals surface area contributed by atoms with Crippen molar-refractivity contribution in [3.8, 4) is 63.2 Å². The van der Waals surface area contributed by atoms with Crippen molar-refractivity contribution >= 4 is 50.3 Å². The summed E-state index contributed by atoms with van der Waals surface area (Å²) in [6.07, 6.45) is 30.1. The van der Waals surface area contributed by atoms with E-state index in [2.05, 4.69) is 105 Å². The molecule has 0 radical (unpaired) electrons. The highest BCUT2D eigenvalue weighted by Crippen LogP contribution is 2.24. The summed E-state index contributed by atoms with van der Waals surface area (Å²) in [5, 5.41) is 121. The van der Waals surface area contributed by atoms with Gasteiger partial charge in [0.15, 0.2) is 81.5 Å². The highest BCUT2D eigenvalue weighted by molar-refractivity contribution is 7.89. The van der Waals surface area contributed by atoms with Crippen molar-refractivity contribution in [2.24, 2.45) is 0 Å². The molecule has 3 unspecified atom stereocenters. The van der Waals surface area contributed by atoms with Gasteiger partial charge in [-0.15, -0.1) is 4.52 Å². The van der Waals surface area contributed by atoms with Crippen LogP contribution in [0.2, 0.25) is 5.02 Å². The molecule has 0 amide bonds. The molecule has 50 nitrogen and oxygen atoms in total. The molecule has 0 aliphatic carbocycles. The number of furan rings is 1. The van der Waals surface area contributed by atoms with Crippen LogP contribution in [0.15, 0.2) is 164 Å². The smallest absolute Gasteiger partial charge is 0.353 e. The largest absolute Gasteiger partial charge is 0.495 e. The lowest BCUT2D eigenvalue weighted by Crippen LogP contribution is -2.51. The Morgan fingerprint density at radius 1 is 0.504 bits per heavy atom. The number of H-pyrrole nitrogens is 1. The molecule has 1 aliphatic rings. The monoisotopic (exact) mass is 1930 g/mol. The van der Waals surface area contributed by atoms with Gasteiger partial charge in [0.1, 0.15) is 70.3 Å². The zero-order chi connectivity index (χ0) is 99.7. The number of aliphatic hydroxyl groups excluding tert-OH is 12. The lowest BCUT2D eigenvalue weighted by atomic mass is 10.1. The van der Waals surface area contributed by atoms with Gasteiger partial charge in [-0.2, -0.15) is 0 Å². The number of rotatable bonds is 30.